The predicted octanol–water partition coefficient (Wildman–Crippen LogP) is 3.52. The molecular formula is C23H21N3O4S. The van der Waals surface area contributed by atoms with E-state index in [0.29, 0.717) is 11.3 Å². The number of imidazole rings is 1. The molecular weight excluding hydrogens is 414 g/mol. The van der Waals surface area contributed by atoms with E-state index in [-0.39, 0.29) is 17.4 Å². The van der Waals surface area contributed by atoms with Crippen LogP contribution in [0, 0.1) is 0 Å². The second kappa shape index (κ2) is 7.98. The van der Waals surface area contributed by atoms with Gasteiger partial charge in [0.1, 0.15) is 0 Å². The maximum atomic E-state index is 11.8. The Bertz CT molecular complexity index is 1390. The minimum Gasteiger partial charge on any atom is -0.392 e. The molecule has 0 atom stereocenters. The lowest BCUT2D eigenvalue weighted by Crippen LogP contribution is -2.08. The number of hydrogen-bond acceptors (Lipinski definition) is 5. The third kappa shape index (κ3) is 4.21. The highest BCUT2D eigenvalue weighted by Crippen LogP contribution is 2.31. The number of carbonyl (C=O) groups is 1. The molecule has 0 unspecified atom stereocenters. The van der Waals surface area contributed by atoms with Crippen LogP contribution in [0.2, 0.25) is 0 Å². The minimum absolute atomic E-state index is 0.0718. The molecule has 31 heavy (non-hydrogen) atoms. The van der Waals surface area contributed by atoms with Gasteiger partial charge in [-0.3, -0.25) is 9.20 Å². The summed E-state index contributed by atoms with van der Waals surface area (Å²) in [6.07, 6.45) is 4.76. The van der Waals surface area contributed by atoms with Crippen LogP contribution in [0.5, 0.6) is 0 Å². The molecule has 1 amide bonds. The molecule has 0 fully saturated rings. The monoisotopic (exact) mass is 435 g/mol. The number of carbonyl (C=O) groups excluding carboxylic acids is 1. The van der Waals surface area contributed by atoms with E-state index in [9.17, 15) is 18.3 Å². The van der Waals surface area contributed by atoms with Crippen LogP contribution in [0.25, 0.3) is 28.0 Å². The number of aliphatic hydroxyl groups excluding tert-OH is 1. The average Bonchev–Trinajstić information content (AvgIpc) is 3.17. The molecule has 0 aliphatic heterocycles. The zero-order chi connectivity index (χ0) is 22.2. The summed E-state index contributed by atoms with van der Waals surface area (Å²) in [4.78, 5) is 16.5. The predicted molar refractivity (Wildman–Crippen MR) is 119 cm³/mol. The third-order valence-electron chi connectivity index (χ3n) is 4.94. The lowest BCUT2D eigenvalue weighted by Gasteiger charge is -2.12. The summed E-state index contributed by atoms with van der Waals surface area (Å²) in [6.45, 7) is 1.36. The maximum Gasteiger partial charge on any atom is 0.221 e. The van der Waals surface area contributed by atoms with Gasteiger partial charge in [-0.1, -0.05) is 30.3 Å². The van der Waals surface area contributed by atoms with Gasteiger partial charge in [-0.2, -0.15) is 0 Å². The van der Waals surface area contributed by atoms with Crippen molar-refractivity contribution in [2.24, 2.45) is 0 Å². The number of aromatic nitrogens is 2. The van der Waals surface area contributed by atoms with E-state index in [0.717, 1.165) is 27.9 Å². The number of pyridine rings is 1. The van der Waals surface area contributed by atoms with Crippen LogP contribution < -0.4 is 5.32 Å². The van der Waals surface area contributed by atoms with E-state index in [1.165, 1.54) is 13.2 Å². The fourth-order valence-corrected chi connectivity index (χ4v) is 4.09. The molecule has 0 spiro atoms. The summed E-state index contributed by atoms with van der Waals surface area (Å²) in [5.41, 5.74) is 5.15. The highest BCUT2D eigenvalue weighted by Gasteiger charge is 2.14. The molecule has 7 nitrogen and oxygen atoms in total. The van der Waals surface area contributed by atoms with Crippen molar-refractivity contribution in [3.63, 3.8) is 0 Å². The largest absolute Gasteiger partial charge is 0.392 e. The number of hydrogen-bond donors (Lipinski definition) is 2. The Morgan fingerprint density at radius 3 is 2.45 bits per heavy atom. The Morgan fingerprint density at radius 1 is 1.06 bits per heavy atom. The van der Waals surface area contributed by atoms with Crippen LogP contribution >= 0.6 is 0 Å². The molecule has 2 N–H and O–H groups in total. The van der Waals surface area contributed by atoms with E-state index < -0.39 is 9.84 Å². The lowest BCUT2D eigenvalue weighted by molar-refractivity contribution is -0.114. The Morgan fingerprint density at radius 2 is 1.81 bits per heavy atom. The first-order valence-corrected chi connectivity index (χ1v) is 11.4. The highest BCUT2D eigenvalue weighted by molar-refractivity contribution is 7.90. The number of rotatable bonds is 5. The second-order valence-electron chi connectivity index (χ2n) is 7.32. The fraction of sp³-hybridized carbons (Fsp3) is 0.130. The van der Waals surface area contributed by atoms with E-state index in [1.807, 2.05) is 40.9 Å². The van der Waals surface area contributed by atoms with Crippen LogP contribution in [-0.4, -0.2) is 35.1 Å². The number of sulfone groups is 1. The van der Waals surface area contributed by atoms with Crippen LogP contribution in [0.4, 0.5) is 5.69 Å². The van der Waals surface area contributed by atoms with Gasteiger partial charge in [0, 0.05) is 30.5 Å². The Labute approximate surface area is 179 Å². The van der Waals surface area contributed by atoms with Crippen molar-refractivity contribution in [1.82, 2.24) is 9.38 Å². The summed E-state index contributed by atoms with van der Waals surface area (Å²) in [5, 5.41) is 12.3. The molecule has 0 bridgehead atoms. The van der Waals surface area contributed by atoms with Gasteiger partial charge < -0.3 is 10.4 Å². The van der Waals surface area contributed by atoms with Crippen molar-refractivity contribution in [1.29, 1.82) is 0 Å². The molecule has 0 saturated carbocycles. The standard InChI is InChI=1S/C23H21N3O4S/c1-15(28)25-21-11-19(18-5-3-4-16(10-18)14-27)13-26-22(12-24-23(21)26)17-6-8-20(9-7-17)31(2,29)30/h3-13,27H,14H2,1-2H3,(H,25,28). The minimum atomic E-state index is -3.29. The van der Waals surface area contributed by atoms with Crippen molar-refractivity contribution < 1.29 is 18.3 Å². The molecule has 2 heterocycles. The van der Waals surface area contributed by atoms with E-state index >= 15 is 0 Å². The number of fused-ring (bicyclic) bond motifs is 1. The summed E-state index contributed by atoms with van der Waals surface area (Å²) < 4.78 is 25.4. The van der Waals surface area contributed by atoms with Gasteiger partial charge in [-0.25, -0.2) is 13.4 Å². The van der Waals surface area contributed by atoms with E-state index in [4.69, 9.17) is 0 Å². The second-order valence-corrected chi connectivity index (χ2v) is 9.33. The first kappa shape index (κ1) is 20.8. The van der Waals surface area contributed by atoms with Crippen molar-refractivity contribution >= 4 is 27.1 Å². The summed E-state index contributed by atoms with van der Waals surface area (Å²) in [7, 11) is -3.29. The lowest BCUT2D eigenvalue weighted by atomic mass is 10.0. The highest BCUT2D eigenvalue weighted by atomic mass is 32.2. The van der Waals surface area contributed by atoms with Crippen LogP contribution in [0.1, 0.15) is 12.5 Å². The van der Waals surface area contributed by atoms with Crippen LogP contribution in [0.3, 0.4) is 0 Å². The van der Waals surface area contributed by atoms with Crippen molar-refractivity contribution in [2.75, 3.05) is 11.6 Å². The van der Waals surface area contributed by atoms with E-state index in [2.05, 4.69) is 10.3 Å². The van der Waals surface area contributed by atoms with Gasteiger partial charge >= 0.3 is 0 Å². The van der Waals surface area contributed by atoms with Gasteiger partial charge in [-0.05, 0) is 35.4 Å². The molecule has 0 aliphatic rings. The van der Waals surface area contributed by atoms with Gasteiger partial charge in [0.05, 0.1) is 29.1 Å². The Balaban J connectivity index is 1.91. The zero-order valence-corrected chi connectivity index (χ0v) is 17.8. The molecule has 4 aromatic rings. The zero-order valence-electron chi connectivity index (χ0n) is 17.0. The smallest absolute Gasteiger partial charge is 0.221 e. The Kier molecular flexibility index (Phi) is 5.34. The van der Waals surface area contributed by atoms with Crippen LogP contribution in [0.15, 0.2) is 71.9 Å². The molecule has 4 rings (SSSR count). The van der Waals surface area contributed by atoms with Crippen molar-refractivity contribution in [3.05, 3.63) is 72.6 Å². The normalized spacial score (nSPS) is 11.6. The molecule has 2 aromatic heterocycles. The molecule has 0 saturated heterocycles. The topological polar surface area (TPSA) is 101 Å². The summed E-state index contributed by atoms with van der Waals surface area (Å²) in [5.74, 6) is -0.217. The number of aliphatic hydroxyl groups is 1. The first-order valence-electron chi connectivity index (χ1n) is 9.55. The van der Waals surface area contributed by atoms with Crippen molar-refractivity contribution in [2.45, 2.75) is 18.4 Å². The number of anilines is 1. The van der Waals surface area contributed by atoms with Crippen molar-refractivity contribution in [3.8, 4) is 22.4 Å². The van der Waals surface area contributed by atoms with E-state index in [1.54, 1.807) is 30.5 Å². The molecule has 8 heteroatoms. The summed E-state index contributed by atoms with van der Waals surface area (Å²) >= 11 is 0. The number of benzene rings is 2. The molecule has 158 valence electrons. The Hall–Kier alpha value is -3.49. The van der Waals surface area contributed by atoms with Gasteiger partial charge in [0.25, 0.3) is 0 Å². The third-order valence-corrected chi connectivity index (χ3v) is 6.07. The quantitative estimate of drug-likeness (QED) is 0.500. The first-order chi connectivity index (χ1) is 14.8. The number of nitrogens with zero attached hydrogens (tertiary/aromatic N) is 2. The molecule has 0 aliphatic carbocycles. The van der Waals surface area contributed by atoms with Gasteiger partial charge in [0.2, 0.25) is 5.91 Å². The number of amides is 1. The fourth-order valence-electron chi connectivity index (χ4n) is 3.46. The average molecular weight is 436 g/mol. The summed E-state index contributed by atoms with van der Waals surface area (Å²) in [6, 6.07) is 15.9. The van der Waals surface area contributed by atoms with Gasteiger partial charge in [-0.15, -0.1) is 0 Å². The molecule has 0 radical (unpaired) electrons. The van der Waals surface area contributed by atoms with Crippen LogP contribution in [-0.2, 0) is 21.2 Å². The van der Waals surface area contributed by atoms with Gasteiger partial charge in [0.15, 0.2) is 15.5 Å². The maximum absolute atomic E-state index is 11.8. The SMILES string of the molecule is CC(=O)Nc1cc(-c2cccc(CO)c2)cn2c(-c3ccc(S(C)(=O)=O)cc3)cnc12. The number of nitrogens with one attached hydrogen (secondary N) is 1. The molecule has 2 aromatic carbocycles.